The number of pyridine rings is 1. The van der Waals surface area contributed by atoms with Gasteiger partial charge < -0.3 is 5.32 Å². The second-order valence-corrected chi connectivity index (χ2v) is 6.82. The number of sulfonamides is 1. The van der Waals surface area contributed by atoms with Crippen molar-refractivity contribution in [2.75, 3.05) is 16.6 Å². The van der Waals surface area contributed by atoms with Crippen LogP contribution in [-0.2, 0) is 16.4 Å². The summed E-state index contributed by atoms with van der Waals surface area (Å²) < 4.78 is 27.5. The van der Waals surface area contributed by atoms with Crippen molar-refractivity contribution in [3.8, 4) is 0 Å². The first kappa shape index (κ1) is 13.9. The summed E-state index contributed by atoms with van der Waals surface area (Å²) in [6, 6.07) is 8.56. The molecule has 0 unspecified atom stereocenters. The Kier molecular flexibility index (Phi) is 3.55. The van der Waals surface area contributed by atoms with Gasteiger partial charge in [0.05, 0.1) is 10.6 Å². The second kappa shape index (κ2) is 5.37. The molecule has 3 rings (SSSR count). The van der Waals surface area contributed by atoms with Crippen molar-refractivity contribution in [2.45, 2.75) is 24.7 Å². The minimum Gasteiger partial charge on any atom is -0.385 e. The molecule has 0 amide bonds. The molecule has 0 atom stereocenters. The molecule has 21 heavy (non-hydrogen) atoms. The van der Waals surface area contributed by atoms with Crippen molar-refractivity contribution in [1.29, 1.82) is 0 Å². The first-order chi connectivity index (χ1) is 10.0. The van der Waals surface area contributed by atoms with E-state index < -0.39 is 10.0 Å². The van der Waals surface area contributed by atoms with E-state index in [0.29, 0.717) is 10.6 Å². The molecule has 0 fully saturated rings. The van der Waals surface area contributed by atoms with Crippen LogP contribution in [0.4, 0.5) is 11.4 Å². The number of aromatic nitrogens is 1. The summed E-state index contributed by atoms with van der Waals surface area (Å²) in [7, 11) is -3.57. The van der Waals surface area contributed by atoms with E-state index in [1.165, 1.54) is 0 Å². The van der Waals surface area contributed by atoms with Gasteiger partial charge in [0, 0.05) is 24.1 Å². The predicted octanol–water partition coefficient (Wildman–Crippen LogP) is 2.55. The van der Waals surface area contributed by atoms with Gasteiger partial charge in [-0.3, -0.25) is 9.71 Å². The lowest BCUT2D eigenvalue weighted by Crippen LogP contribution is -2.16. The molecule has 2 N–H and O–H groups in total. The Labute approximate surface area is 124 Å². The maximum absolute atomic E-state index is 12.4. The molecule has 0 aliphatic carbocycles. The molecule has 110 valence electrons. The lowest BCUT2D eigenvalue weighted by Gasteiger charge is -2.18. The molecule has 0 bridgehead atoms. The number of rotatable bonds is 3. The highest BCUT2D eigenvalue weighted by molar-refractivity contribution is 7.92. The zero-order valence-corrected chi connectivity index (χ0v) is 12.6. The SMILES string of the molecule is Cc1cc(NS(=O)(=O)c2ccc3c(c2)CCCN3)ccn1. The zero-order valence-electron chi connectivity index (χ0n) is 11.8. The highest BCUT2D eigenvalue weighted by Gasteiger charge is 2.17. The Morgan fingerprint density at radius 1 is 1.24 bits per heavy atom. The van der Waals surface area contributed by atoms with Crippen molar-refractivity contribution < 1.29 is 8.42 Å². The third-order valence-corrected chi connectivity index (χ3v) is 4.85. The summed E-state index contributed by atoms with van der Waals surface area (Å²) in [5, 5.41) is 3.27. The normalized spacial score (nSPS) is 14.1. The smallest absolute Gasteiger partial charge is 0.261 e. The number of nitrogens with zero attached hydrogens (tertiary/aromatic N) is 1. The van der Waals surface area contributed by atoms with E-state index in [2.05, 4.69) is 15.0 Å². The van der Waals surface area contributed by atoms with Crippen LogP contribution >= 0.6 is 0 Å². The van der Waals surface area contributed by atoms with E-state index in [4.69, 9.17) is 0 Å². The van der Waals surface area contributed by atoms with Crippen LogP contribution < -0.4 is 10.0 Å². The van der Waals surface area contributed by atoms with Crippen LogP contribution in [-0.4, -0.2) is 19.9 Å². The van der Waals surface area contributed by atoms with Crippen molar-refractivity contribution >= 4 is 21.4 Å². The molecule has 1 aliphatic rings. The standard InChI is InChI=1S/C15H17N3O2S/c1-11-9-13(6-8-16-11)18-21(19,20)14-4-5-15-12(10-14)3-2-7-17-15/h4-6,8-10,17H,2-3,7H2,1H3,(H,16,18). The molecule has 0 radical (unpaired) electrons. The number of hydrogen-bond donors (Lipinski definition) is 2. The van der Waals surface area contributed by atoms with E-state index in [9.17, 15) is 8.42 Å². The largest absolute Gasteiger partial charge is 0.385 e. The molecular weight excluding hydrogens is 286 g/mol. The molecule has 1 aromatic heterocycles. The van der Waals surface area contributed by atoms with Gasteiger partial charge in [-0.05, 0) is 55.7 Å². The van der Waals surface area contributed by atoms with E-state index >= 15 is 0 Å². The topological polar surface area (TPSA) is 71.1 Å². The third-order valence-electron chi connectivity index (χ3n) is 3.47. The fraction of sp³-hybridized carbons (Fsp3) is 0.267. The minimum atomic E-state index is -3.57. The lowest BCUT2D eigenvalue weighted by molar-refractivity contribution is 0.601. The van der Waals surface area contributed by atoms with E-state index in [1.54, 1.807) is 30.5 Å². The quantitative estimate of drug-likeness (QED) is 0.914. The maximum atomic E-state index is 12.4. The summed E-state index contributed by atoms with van der Waals surface area (Å²) in [5.74, 6) is 0. The van der Waals surface area contributed by atoms with Gasteiger partial charge in [0.25, 0.3) is 10.0 Å². The van der Waals surface area contributed by atoms with Crippen LogP contribution in [0.5, 0.6) is 0 Å². The minimum absolute atomic E-state index is 0.291. The Morgan fingerprint density at radius 2 is 2.10 bits per heavy atom. The number of fused-ring (bicyclic) bond motifs is 1. The first-order valence-corrected chi connectivity index (χ1v) is 8.35. The number of hydrogen-bond acceptors (Lipinski definition) is 4. The monoisotopic (exact) mass is 303 g/mol. The molecule has 1 aromatic carbocycles. The van der Waals surface area contributed by atoms with Gasteiger partial charge >= 0.3 is 0 Å². The zero-order chi connectivity index (χ0) is 14.9. The molecular formula is C15H17N3O2S. The fourth-order valence-electron chi connectivity index (χ4n) is 2.44. The summed E-state index contributed by atoms with van der Waals surface area (Å²) in [6.45, 7) is 2.76. The van der Waals surface area contributed by atoms with Crippen molar-refractivity contribution in [3.05, 3.63) is 47.8 Å². The lowest BCUT2D eigenvalue weighted by atomic mass is 10.0. The molecule has 6 heteroatoms. The van der Waals surface area contributed by atoms with Crippen molar-refractivity contribution in [3.63, 3.8) is 0 Å². The van der Waals surface area contributed by atoms with Crippen LogP contribution in [0, 0.1) is 6.92 Å². The number of aryl methyl sites for hydroxylation is 2. The van der Waals surface area contributed by atoms with Gasteiger partial charge in [-0.15, -0.1) is 0 Å². The van der Waals surface area contributed by atoms with Crippen LogP contribution in [0.15, 0.2) is 41.4 Å². The van der Waals surface area contributed by atoms with Crippen LogP contribution in [0.25, 0.3) is 0 Å². The number of anilines is 2. The Morgan fingerprint density at radius 3 is 2.90 bits per heavy atom. The van der Waals surface area contributed by atoms with E-state index in [1.807, 2.05) is 13.0 Å². The Bertz CT molecular complexity index is 772. The number of benzene rings is 1. The highest BCUT2D eigenvalue weighted by Crippen LogP contribution is 2.26. The average molecular weight is 303 g/mol. The summed E-state index contributed by atoms with van der Waals surface area (Å²) in [5.41, 5.74) is 3.37. The first-order valence-electron chi connectivity index (χ1n) is 6.87. The van der Waals surface area contributed by atoms with Gasteiger partial charge in [0.1, 0.15) is 0 Å². The van der Waals surface area contributed by atoms with Gasteiger partial charge in [0.2, 0.25) is 0 Å². The van der Waals surface area contributed by atoms with Crippen LogP contribution in [0.3, 0.4) is 0 Å². The average Bonchev–Trinajstić information content (AvgIpc) is 2.46. The summed E-state index contributed by atoms with van der Waals surface area (Å²) >= 11 is 0. The second-order valence-electron chi connectivity index (χ2n) is 5.14. The van der Waals surface area contributed by atoms with Crippen LogP contribution in [0.2, 0.25) is 0 Å². The van der Waals surface area contributed by atoms with Gasteiger partial charge in [-0.2, -0.15) is 0 Å². The molecule has 5 nitrogen and oxygen atoms in total. The molecule has 2 aromatic rings. The van der Waals surface area contributed by atoms with Gasteiger partial charge in [0.15, 0.2) is 0 Å². The molecule has 2 heterocycles. The summed E-state index contributed by atoms with van der Waals surface area (Å²) in [6.07, 6.45) is 3.51. The Hall–Kier alpha value is -2.08. The van der Waals surface area contributed by atoms with E-state index in [0.717, 1.165) is 36.3 Å². The molecule has 0 saturated heterocycles. The third kappa shape index (κ3) is 3.00. The van der Waals surface area contributed by atoms with Gasteiger partial charge in [-0.25, -0.2) is 8.42 Å². The van der Waals surface area contributed by atoms with Crippen molar-refractivity contribution in [1.82, 2.24) is 4.98 Å². The molecule has 0 saturated carbocycles. The van der Waals surface area contributed by atoms with Crippen LogP contribution in [0.1, 0.15) is 17.7 Å². The fourth-order valence-corrected chi connectivity index (χ4v) is 3.54. The summed E-state index contributed by atoms with van der Waals surface area (Å²) in [4.78, 5) is 4.35. The maximum Gasteiger partial charge on any atom is 0.261 e. The predicted molar refractivity (Wildman–Crippen MR) is 83.0 cm³/mol. The van der Waals surface area contributed by atoms with Crippen molar-refractivity contribution in [2.24, 2.45) is 0 Å². The molecule has 1 aliphatic heterocycles. The Balaban J connectivity index is 1.91. The van der Waals surface area contributed by atoms with E-state index in [-0.39, 0.29) is 0 Å². The number of nitrogens with one attached hydrogen (secondary N) is 2. The highest BCUT2D eigenvalue weighted by atomic mass is 32.2. The molecule has 0 spiro atoms. The van der Waals surface area contributed by atoms with Gasteiger partial charge in [-0.1, -0.05) is 0 Å².